The van der Waals surface area contributed by atoms with Crippen molar-refractivity contribution in [2.75, 3.05) is 18.6 Å². The zero-order chi connectivity index (χ0) is 18.8. The predicted molar refractivity (Wildman–Crippen MR) is 97.6 cm³/mol. The van der Waals surface area contributed by atoms with Crippen molar-refractivity contribution in [3.63, 3.8) is 0 Å². The second-order valence-corrected chi connectivity index (χ2v) is 6.44. The van der Waals surface area contributed by atoms with Gasteiger partial charge in [0, 0.05) is 17.5 Å². The fourth-order valence-electron chi connectivity index (χ4n) is 1.95. The number of aryl methyl sites for hydroxylation is 1. The monoisotopic (exact) mass is 369 g/mol. The number of hydrogen-bond donors (Lipinski definition) is 3. The van der Waals surface area contributed by atoms with E-state index in [0.29, 0.717) is 11.4 Å². The van der Waals surface area contributed by atoms with Crippen LogP contribution in [0.1, 0.15) is 31.0 Å². The van der Waals surface area contributed by atoms with E-state index in [2.05, 4.69) is 22.2 Å². The van der Waals surface area contributed by atoms with Crippen LogP contribution < -0.4 is 16.6 Å². The molecule has 1 unspecified atom stereocenters. The van der Waals surface area contributed by atoms with Crippen molar-refractivity contribution in [1.29, 1.82) is 0 Å². The van der Waals surface area contributed by atoms with E-state index in [1.165, 1.54) is 13.2 Å². The third-order valence-corrected chi connectivity index (χ3v) is 4.45. The number of aromatic amines is 2. The highest BCUT2D eigenvalue weighted by molar-refractivity contribution is 7.99. The minimum Gasteiger partial charge on any atom is -0.467 e. The molecule has 1 aromatic heterocycles. The van der Waals surface area contributed by atoms with E-state index in [0.717, 1.165) is 24.7 Å². The second-order valence-electron chi connectivity index (χ2n) is 5.29. The highest BCUT2D eigenvalue weighted by atomic mass is 32.2. The quantitative estimate of drug-likeness (QED) is 0.332. The number of thioether (sulfide) groups is 1. The standard InChI is InChI=1S/C16H23N3O5S/c1-4-5-8-25-9-12(15(22)24-3)18-13(20)7-6-11-10(2)17-16(23)19-14(11)21/h6-7,12H,4-5,8-9H2,1-3H3,(H,18,20)(H2,17,19,21,23)/b7-6+. The maximum atomic E-state index is 12.0. The van der Waals surface area contributed by atoms with Crippen molar-refractivity contribution < 1.29 is 14.3 Å². The fraction of sp³-hybridized carbons (Fsp3) is 0.500. The number of H-pyrrole nitrogens is 2. The van der Waals surface area contributed by atoms with Crippen molar-refractivity contribution >= 4 is 29.7 Å². The highest BCUT2D eigenvalue weighted by Gasteiger charge is 2.20. The molecular weight excluding hydrogens is 346 g/mol. The van der Waals surface area contributed by atoms with Gasteiger partial charge in [0.05, 0.1) is 12.7 Å². The number of rotatable bonds is 9. The third kappa shape index (κ3) is 7.00. The Balaban J connectivity index is 2.75. The van der Waals surface area contributed by atoms with Gasteiger partial charge in [-0.3, -0.25) is 14.6 Å². The summed E-state index contributed by atoms with van der Waals surface area (Å²) in [6.45, 7) is 3.63. The molecule has 0 aromatic carbocycles. The number of carbonyl (C=O) groups excluding carboxylic acids is 2. The average molecular weight is 369 g/mol. The molecule has 0 aliphatic rings. The van der Waals surface area contributed by atoms with Crippen LogP contribution in [-0.4, -0.2) is 46.5 Å². The number of unbranched alkanes of at least 4 members (excludes halogenated alkanes) is 1. The van der Waals surface area contributed by atoms with E-state index in [-0.39, 0.29) is 5.56 Å². The normalized spacial score (nSPS) is 12.1. The van der Waals surface area contributed by atoms with E-state index in [1.807, 2.05) is 0 Å². The lowest BCUT2D eigenvalue weighted by Gasteiger charge is -2.15. The minimum absolute atomic E-state index is 0.168. The van der Waals surface area contributed by atoms with Crippen LogP contribution in [0.5, 0.6) is 0 Å². The molecule has 0 radical (unpaired) electrons. The van der Waals surface area contributed by atoms with Gasteiger partial charge < -0.3 is 15.0 Å². The van der Waals surface area contributed by atoms with Crippen molar-refractivity contribution in [3.05, 3.63) is 38.2 Å². The molecule has 8 nitrogen and oxygen atoms in total. The van der Waals surface area contributed by atoms with Crippen LogP contribution in [-0.2, 0) is 14.3 Å². The van der Waals surface area contributed by atoms with Gasteiger partial charge in [-0.1, -0.05) is 13.3 Å². The molecule has 1 amide bonds. The van der Waals surface area contributed by atoms with Gasteiger partial charge in [-0.2, -0.15) is 11.8 Å². The SMILES string of the molecule is CCCCSCC(NC(=O)/C=C/c1c(C)[nH]c(=O)[nH]c1=O)C(=O)OC. The Labute approximate surface area is 149 Å². The zero-order valence-electron chi connectivity index (χ0n) is 14.5. The van der Waals surface area contributed by atoms with Gasteiger partial charge in [0.2, 0.25) is 5.91 Å². The topological polar surface area (TPSA) is 121 Å². The maximum Gasteiger partial charge on any atom is 0.329 e. The first-order chi connectivity index (χ1) is 11.9. The number of amides is 1. The lowest BCUT2D eigenvalue weighted by atomic mass is 10.2. The molecule has 9 heteroatoms. The maximum absolute atomic E-state index is 12.0. The fourth-order valence-corrected chi connectivity index (χ4v) is 3.06. The molecule has 0 fully saturated rings. The van der Waals surface area contributed by atoms with Crippen molar-refractivity contribution in [3.8, 4) is 0 Å². The molecule has 3 N–H and O–H groups in total. The molecule has 0 saturated heterocycles. The molecule has 0 spiro atoms. The van der Waals surface area contributed by atoms with Gasteiger partial charge in [0.15, 0.2) is 0 Å². The lowest BCUT2D eigenvalue weighted by Crippen LogP contribution is -2.42. The summed E-state index contributed by atoms with van der Waals surface area (Å²) in [4.78, 5) is 51.2. The van der Waals surface area contributed by atoms with Crippen LogP contribution in [0.15, 0.2) is 15.7 Å². The van der Waals surface area contributed by atoms with E-state index in [1.54, 1.807) is 18.7 Å². The van der Waals surface area contributed by atoms with Crippen LogP contribution >= 0.6 is 11.8 Å². The number of carbonyl (C=O) groups is 2. The molecule has 0 bridgehead atoms. The van der Waals surface area contributed by atoms with Gasteiger partial charge in [-0.25, -0.2) is 9.59 Å². The molecule has 0 saturated carbocycles. The summed E-state index contributed by atoms with van der Waals surface area (Å²) in [7, 11) is 1.26. The van der Waals surface area contributed by atoms with E-state index in [9.17, 15) is 19.2 Å². The number of esters is 1. The Kier molecular flexibility index (Phi) is 8.76. The van der Waals surface area contributed by atoms with Crippen molar-refractivity contribution in [1.82, 2.24) is 15.3 Å². The molecule has 0 aliphatic heterocycles. The van der Waals surface area contributed by atoms with Crippen molar-refractivity contribution in [2.45, 2.75) is 32.7 Å². The van der Waals surface area contributed by atoms with Crippen molar-refractivity contribution in [2.24, 2.45) is 0 Å². The first kappa shape index (κ1) is 20.8. The van der Waals surface area contributed by atoms with Gasteiger partial charge in [-0.05, 0) is 25.2 Å². The molecule has 1 rings (SSSR count). The van der Waals surface area contributed by atoms with E-state index < -0.39 is 29.2 Å². The molecular formula is C16H23N3O5S. The summed E-state index contributed by atoms with van der Waals surface area (Å²) in [6, 6.07) is -0.765. The highest BCUT2D eigenvalue weighted by Crippen LogP contribution is 2.08. The number of hydrogen-bond acceptors (Lipinski definition) is 6. The summed E-state index contributed by atoms with van der Waals surface area (Å²) in [6.07, 6.45) is 4.51. The van der Waals surface area contributed by atoms with Gasteiger partial charge in [0.25, 0.3) is 5.56 Å². The Morgan fingerprint density at radius 3 is 2.64 bits per heavy atom. The molecule has 0 aliphatic carbocycles. The summed E-state index contributed by atoms with van der Waals surface area (Å²) in [5, 5.41) is 2.56. The van der Waals surface area contributed by atoms with Crippen LogP contribution in [0.2, 0.25) is 0 Å². The number of aromatic nitrogens is 2. The number of ether oxygens (including phenoxy) is 1. The third-order valence-electron chi connectivity index (χ3n) is 3.31. The molecule has 25 heavy (non-hydrogen) atoms. The molecule has 1 heterocycles. The number of methoxy groups -OCH3 is 1. The smallest absolute Gasteiger partial charge is 0.329 e. The van der Waals surface area contributed by atoms with Crippen LogP contribution in [0.25, 0.3) is 6.08 Å². The first-order valence-corrected chi connectivity index (χ1v) is 9.01. The summed E-state index contributed by atoms with van der Waals surface area (Å²) in [5.74, 6) is 0.243. The summed E-state index contributed by atoms with van der Waals surface area (Å²) >= 11 is 1.56. The zero-order valence-corrected chi connectivity index (χ0v) is 15.3. The Morgan fingerprint density at radius 1 is 1.32 bits per heavy atom. The summed E-state index contributed by atoms with van der Waals surface area (Å²) < 4.78 is 4.70. The first-order valence-electron chi connectivity index (χ1n) is 7.86. The van der Waals surface area contributed by atoms with E-state index >= 15 is 0 Å². The largest absolute Gasteiger partial charge is 0.467 e. The molecule has 1 aromatic rings. The van der Waals surface area contributed by atoms with Gasteiger partial charge in [0.1, 0.15) is 6.04 Å². The molecule has 138 valence electrons. The number of nitrogens with one attached hydrogen (secondary N) is 3. The lowest BCUT2D eigenvalue weighted by molar-refractivity contribution is -0.143. The minimum atomic E-state index is -0.765. The van der Waals surface area contributed by atoms with Crippen LogP contribution in [0.3, 0.4) is 0 Å². The van der Waals surface area contributed by atoms with Crippen LogP contribution in [0.4, 0.5) is 0 Å². The Morgan fingerprint density at radius 2 is 2.04 bits per heavy atom. The average Bonchev–Trinajstić information content (AvgIpc) is 2.55. The second kappa shape index (κ2) is 10.5. The predicted octanol–water partition coefficient (Wildman–Crippen LogP) is 0.576. The van der Waals surface area contributed by atoms with Gasteiger partial charge in [-0.15, -0.1) is 0 Å². The summed E-state index contributed by atoms with van der Waals surface area (Å²) in [5.41, 5.74) is -0.692. The van der Waals surface area contributed by atoms with Gasteiger partial charge >= 0.3 is 11.7 Å². The Hall–Kier alpha value is -2.29. The Bertz CT molecular complexity index is 738. The van der Waals surface area contributed by atoms with Crippen LogP contribution in [0, 0.1) is 6.92 Å². The van der Waals surface area contributed by atoms with E-state index in [4.69, 9.17) is 4.74 Å². The molecule has 1 atom stereocenters.